The molecule has 0 saturated heterocycles. The van der Waals surface area contributed by atoms with Gasteiger partial charge in [0.25, 0.3) is 11.6 Å². The maximum atomic E-state index is 11.7. The van der Waals surface area contributed by atoms with Gasteiger partial charge in [0.1, 0.15) is 11.4 Å². The molecule has 1 heterocycles. The zero-order valence-corrected chi connectivity index (χ0v) is 12.5. The Morgan fingerprint density at radius 3 is 2.86 bits per heavy atom. The van der Waals surface area contributed by atoms with Crippen molar-refractivity contribution in [3.63, 3.8) is 0 Å². The van der Waals surface area contributed by atoms with Gasteiger partial charge >= 0.3 is 0 Å². The van der Waals surface area contributed by atoms with Gasteiger partial charge in [-0.15, -0.1) is 0 Å². The number of aromatic hydroxyl groups is 1. The monoisotopic (exact) mass is 364 g/mol. The summed E-state index contributed by atoms with van der Waals surface area (Å²) < 4.78 is 0.152. The Labute approximate surface area is 132 Å². The van der Waals surface area contributed by atoms with Crippen LogP contribution in [0.2, 0.25) is 0 Å². The molecule has 0 bridgehead atoms. The molecule has 0 fully saturated rings. The second-order valence-corrected chi connectivity index (χ2v) is 4.89. The molecule has 0 aliphatic heterocycles. The van der Waals surface area contributed by atoms with Crippen molar-refractivity contribution in [2.24, 2.45) is 5.10 Å². The number of halogens is 1. The number of amides is 1. The number of nitrogens with zero attached hydrogens (tertiary/aromatic N) is 3. The average molecular weight is 365 g/mol. The number of non-ortho nitro benzene ring substituents is 1. The maximum Gasteiger partial charge on any atom is 0.289 e. The lowest BCUT2D eigenvalue weighted by Gasteiger charge is -2.02. The Hall–Kier alpha value is -2.81. The number of nitro benzene ring substituents is 1. The lowest BCUT2D eigenvalue weighted by molar-refractivity contribution is -0.385. The van der Waals surface area contributed by atoms with Crippen molar-refractivity contribution in [2.75, 3.05) is 0 Å². The lowest BCUT2D eigenvalue weighted by Crippen LogP contribution is -2.18. The fourth-order valence-electron chi connectivity index (χ4n) is 1.52. The number of nitrogens with one attached hydrogen (secondary N) is 1. The topological polar surface area (TPSA) is 118 Å². The summed E-state index contributed by atoms with van der Waals surface area (Å²) in [4.78, 5) is 25.7. The number of hydrogen-bond acceptors (Lipinski definition) is 6. The van der Waals surface area contributed by atoms with E-state index in [1.54, 1.807) is 12.1 Å². The van der Waals surface area contributed by atoms with E-state index in [1.807, 2.05) is 0 Å². The molecule has 22 heavy (non-hydrogen) atoms. The number of benzene rings is 1. The van der Waals surface area contributed by atoms with Crippen LogP contribution in [-0.4, -0.2) is 27.1 Å². The average Bonchev–Trinajstić information content (AvgIpc) is 2.51. The van der Waals surface area contributed by atoms with E-state index in [1.165, 1.54) is 18.3 Å². The van der Waals surface area contributed by atoms with Gasteiger partial charge in [-0.1, -0.05) is 6.07 Å². The molecule has 0 saturated carbocycles. The van der Waals surface area contributed by atoms with Crippen LogP contribution in [0.4, 0.5) is 5.69 Å². The summed E-state index contributed by atoms with van der Waals surface area (Å²) in [5.74, 6) is -0.762. The van der Waals surface area contributed by atoms with Gasteiger partial charge in [-0.05, 0) is 28.1 Å². The molecule has 0 unspecified atom stereocenters. The Kier molecular flexibility index (Phi) is 4.79. The highest BCUT2D eigenvalue weighted by Crippen LogP contribution is 2.31. The summed E-state index contributed by atoms with van der Waals surface area (Å²) >= 11 is 3.01. The van der Waals surface area contributed by atoms with Crippen LogP contribution in [0.15, 0.2) is 46.1 Å². The van der Waals surface area contributed by atoms with Crippen LogP contribution < -0.4 is 5.43 Å². The largest absolute Gasteiger partial charge is 0.506 e. The smallest absolute Gasteiger partial charge is 0.289 e. The second kappa shape index (κ2) is 6.76. The number of phenols is 1. The molecule has 8 nitrogen and oxygen atoms in total. The first-order valence-electron chi connectivity index (χ1n) is 5.90. The first-order chi connectivity index (χ1) is 10.5. The molecule has 2 aromatic rings. The van der Waals surface area contributed by atoms with Crippen molar-refractivity contribution in [1.82, 2.24) is 10.4 Å². The molecule has 0 atom stereocenters. The Morgan fingerprint density at radius 1 is 1.45 bits per heavy atom. The van der Waals surface area contributed by atoms with Crippen LogP contribution in [0.25, 0.3) is 0 Å². The van der Waals surface area contributed by atoms with Crippen molar-refractivity contribution in [1.29, 1.82) is 0 Å². The molecule has 1 aromatic carbocycles. The molecule has 112 valence electrons. The van der Waals surface area contributed by atoms with Crippen molar-refractivity contribution in [2.45, 2.75) is 0 Å². The van der Waals surface area contributed by atoms with E-state index < -0.39 is 10.8 Å². The number of pyridine rings is 1. The highest BCUT2D eigenvalue weighted by atomic mass is 79.9. The Morgan fingerprint density at radius 2 is 2.23 bits per heavy atom. The summed E-state index contributed by atoms with van der Waals surface area (Å²) in [6, 6.07) is 7.12. The minimum Gasteiger partial charge on any atom is -0.506 e. The van der Waals surface area contributed by atoms with Crippen LogP contribution in [0, 0.1) is 10.1 Å². The van der Waals surface area contributed by atoms with E-state index in [0.717, 1.165) is 12.3 Å². The van der Waals surface area contributed by atoms with Crippen LogP contribution >= 0.6 is 15.9 Å². The van der Waals surface area contributed by atoms with Crippen molar-refractivity contribution in [3.8, 4) is 5.75 Å². The van der Waals surface area contributed by atoms with E-state index in [0.29, 0.717) is 0 Å². The summed E-state index contributed by atoms with van der Waals surface area (Å²) in [5, 5.41) is 24.2. The third-order valence-electron chi connectivity index (χ3n) is 2.56. The van der Waals surface area contributed by atoms with Gasteiger partial charge in [0, 0.05) is 23.9 Å². The SMILES string of the molecule is O=C(NN=Cc1cc([N+](=O)[O-])cc(Br)c1O)c1ccccn1. The number of hydrogen-bond donors (Lipinski definition) is 2. The van der Waals surface area contributed by atoms with E-state index >= 15 is 0 Å². The Bertz CT molecular complexity index is 749. The van der Waals surface area contributed by atoms with Crippen LogP contribution in [0.1, 0.15) is 16.1 Å². The summed E-state index contributed by atoms with van der Waals surface area (Å²) in [5.41, 5.74) is 2.25. The number of phenolic OH excluding ortho intramolecular Hbond substituents is 1. The molecule has 0 spiro atoms. The molecule has 0 aliphatic rings. The van der Waals surface area contributed by atoms with Gasteiger partial charge in [0.2, 0.25) is 0 Å². The highest BCUT2D eigenvalue weighted by molar-refractivity contribution is 9.10. The van der Waals surface area contributed by atoms with E-state index in [-0.39, 0.29) is 27.2 Å². The number of hydrazone groups is 1. The number of nitro groups is 1. The highest BCUT2D eigenvalue weighted by Gasteiger charge is 2.13. The van der Waals surface area contributed by atoms with Crippen molar-refractivity contribution >= 4 is 33.7 Å². The second-order valence-electron chi connectivity index (χ2n) is 4.04. The minimum absolute atomic E-state index is 0.0856. The zero-order chi connectivity index (χ0) is 16.1. The van der Waals surface area contributed by atoms with E-state index in [2.05, 4.69) is 31.4 Å². The number of carbonyl (C=O) groups is 1. The number of aromatic nitrogens is 1. The van der Waals surface area contributed by atoms with Crippen LogP contribution in [0.3, 0.4) is 0 Å². The number of carbonyl (C=O) groups excluding carboxylic acids is 1. The van der Waals surface area contributed by atoms with Gasteiger partial charge in [-0.25, -0.2) is 5.43 Å². The van der Waals surface area contributed by atoms with Crippen LogP contribution in [-0.2, 0) is 0 Å². The summed E-state index contributed by atoms with van der Waals surface area (Å²) in [7, 11) is 0. The van der Waals surface area contributed by atoms with E-state index in [4.69, 9.17) is 0 Å². The molecule has 1 amide bonds. The van der Waals surface area contributed by atoms with Gasteiger partial charge in [0.05, 0.1) is 15.6 Å². The third kappa shape index (κ3) is 3.64. The number of rotatable bonds is 4. The summed E-state index contributed by atoms with van der Waals surface area (Å²) in [6.45, 7) is 0. The quantitative estimate of drug-likeness (QED) is 0.489. The van der Waals surface area contributed by atoms with Gasteiger partial charge in [-0.2, -0.15) is 5.10 Å². The maximum absolute atomic E-state index is 11.7. The van der Waals surface area contributed by atoms with Gasteiger partial charge in [0.15, 0.2) is 0 Å². The normalized spacial score (nSPS) is 10.6. The molecule has 0 aliphatic carbocycles. The molecule has 9 heteroatoms. The Balaban J connectivity index is 2.17. The predicted octanol–water partition coefficient (Wildman–Crippen LogP) is 2.22. The zero-order valence-electron chi connectivity index (χ0n) is 10.9. The fraction of sp³-hybridized carbons (Fsp3) is 0. The molecule has 0 radical (unpaired) electrons. The summed E-state index contributed by atoms with van der Waals surface area (Å²) in [6.07, 6.45) is 2.57. The molecule has 2 N–H and O–H groups in total. The standard InChI is InChI=1S/C13H9BrN4O4/c14-10-6-9(18(21)22)5-8(12(10)19)7-16-17-13(20)11-3-1-2-4-15-11/h1-7,19H,(H,17,20). The van der Waals surface area contributed by atoms with Crippen molar-refractivity contribution < 1.29 is 14.8 Å². The van der Waals surface area contributed by atoms with Crippen LogP contribution in [0.5, 0.6) is 5.75 Å². The third-order valence-corrected chi connectivity index (χ3v) is 3.16. The minimum atomic E-state index is -0.603. The van der Waals surface area contributed by atoms with E-state index in [9.17, 15) is 20.0 Å². The van der Waals surface area contributed by atoms with Crippen molar-refractivity contribution in [3.05, 3.63) is 62.4 Å². The fourth-order valence-corrected chi connectivity index (χ4v) is 1.99. The molecule has 1 aromatic heterocycles. The first-order valence-corrected chi connectivity index (χ1v) is 6.69. The predicted molar refractivity (Wildman–Crippen MR) is 81.8 cm³/mol. The molecular weight excluding hydrogens is 356 g/mol. The molecular formula is C13H9BrN4O4. The first kappa shape index (κ1) is 15.6. The lowest BCUT2D eigenvalue weighted by atomic mass is 10.2. The van der Waals surface area contributed by atoms with Gasteiger partial charge in [-0.3, -0.25) is 19.9 Å². The van der Waals surface area contributed by atoms with Gasteiger partial charge < -0.3 is 5.11 Å². The molecule has 2 rings (SSSR count).